The average Bonchev–Trinajstić information content (AvgIpc) is 3.16. The molecule has 3 heterocycles. The van der Waals surface area contributed by atoms with E-state index >= 15 is 0 Å². The van der Waals surface area contributed by atoms with Gasteiger partial charge in [-0.2, -0.15) is 4.98 Å². The van der Waals surface area contributed by atoms with Crippen molar-refractivity contribution >= 4 is 67.8 Å². The zero-order valence-corrected chi connectivity index (χ0v) is 34.3. The number of hydrogen-bond donors (Lipinski definition) is 4. The van der Waals surface area contributed by atoms with Crippen LogP contribution in [0.3, 0.4) is 0 Å². The van der Waals surface area contributed by atoms with Crippen LogP contribution in [0, 0.1) is 6.92 Å². The first-order valence-corrected chi connectivity index (χ1v) is 21.0. The van der Waals surface area contributed by atoms with Gasteiger partial charge in [0.05, 0.1) is 33.8 Å². The summed E-state index contributed by atoms with van der Waals surface area (Å²) in [6, 6.07) is 18.8. The summed E-state index contributed by atoms with van der Waals surface area (Å²) in [4.78, 5) is 38.0. The molecular weight excluding hydrogens is 752 g/mol. The van der Waals surface area contributed by atoms with Gasteiger partial charge in [0.2, 0.25) is 17.8 Å². The van der Waals surface area contributed by atoms with Crippen LogP contribution >= 0.6 is 11.6 Å². The summed E-state index contributed by atoms with van der Waals surface area (Å²) < 4.78 is 32.5. The molecule has 15 heteroatoms. The number of hydrogen-bond acceptors (Lipinski definition) is 12. The molecule has 0 aliphatic carbocycles. The molecule has 1 aromatic heterocycles. The lowest BCUT2D eigenvalue weighted by atomic mass is 10.00. The first kappa shape index (κ1) is 40.7. The lowest BCUT2D eigenvalue weighted by molar-refractivity contribution is -0.133. The highest BCUT2D eigenvalue weighted by Crippen LogP contribution is 2.38. The van der Waals surface area contributed by atoms with E-state index in [-0.39, 0.29) is 39.6 Å². The normalized spacial score (nSPS) is 16.7. The molecule has 4 N–H and O–H groups in total. The summed E-state index contributed by atoms with van der Waals surface area (Å²) in [5, 5.41) is 11.9. The van der Waals surface area contributed by atoms with Crippen molar-refractivity contribution in [2.45, 2.75) is 95.2 Å². The fourth-order valence-corrected chi connectivity index (χ4v) is 8.41. The zero-order chi connectivity index (χ0) is 40.1. The zero-order valence-electron chi connectivity index (χ0n) is 32.7. The number of aryl methyl sites for hydroxylation is 1. The van der Waals surface area contributed by atoms with E-state index in [4.69, 9.17) is 16.3 Å². The molecule has 0 saturated carbocycles. The van der Waals surface area contributed by atoms with Crippen molar-refractivity contribution < 1.29 is 22.7 Å². The summed E-state index contributed by atoms with van der Waals surface area (Å²) in [6.45, 7) is 11.8. The molecule has 2 saturated heterocycles. The number of nitrogens with one attached hydrogen (secondary N) is 4. The number of ether oxygens (including phenoxy) is 1. The molecule has 2 amide bonds. The van der Waals surface area contributed by atoms with E-state index in [1.54, 1.807) is 38.1 Å². The molecule has 2 aliphatic rings. The van der Waals surface area contributed by atoms with Gasteiger partial charge in [0.25, 0.3) is 0 Å². The third kappa shape index (κ3) is 9.54. The molecular formula is C41H51ClN8O5S. The van der Waals surface area contributed by atoms with E-state index in [2.05, 4.69) is 67.1 Å². The maximum atomic E-state index is 13.1. The van der Waals surface area contributed by atoms with Crippen molar-refractivity contribution in [3.8, 4) is 5.75 Å². The van der Waals surface area contributed by atoms with Crippen LogP contribution in [0.5, 0.6) is 5.75 Å². The highest BCUT2D eigenvalue weighted by atomic mass is 35.5. The van der Waals surface area contributed by atoms with Crippen molar-refractivity contribution in [2.75, 3.05) is 41.0 Å². The van der Waals surface area contributed by atoms with Gasteiger partial charge in [0.15, 0.2) is 15.7 Å². The van der Waals surface area contributed by atoms with Crippen LogP contribution in [-0.2, 0) is 26.0 Å². The summed E-state index contributed by atoms with van der Waals surface area (Å²) in [5.74, 6) is 0.674. The van der Waals surface area contributed by atoms with Crippen LogP contribution in [0.1, 0.15) is 64.5 Å². The molecule has 0 spiro atoms. The molecule has 2 fully saturated rings. The number of imide groups is 1. The van der Waals surface area contributed by atoms with Gasteiger partial charge in [0.1, 0.15) is 16.8 Å². The Morgan fingerprint density at radius 1 is 0.964 bits per heavy atom. The van der Waals surface area contributed by atoms with Crippen LogP contribution in [-0.4, -0.2) is 78.7 Å². The van der Waals surface area contributed by atoms with Gasteiger partial charge in [-0.25, -0.2) is 13.4 Å². The number of aromatic nitrogens is 2. The van der Waals surface area contributed by atoms with Crippen molar-refractivity contribution in [1.29, 1.82) is 0 Å². The van der Waals surface area contributed by atoms with E-state index in [9.17, 15) is 18.0 Å². The molecule has 0 bridgehead atoms. The van der Waals surface area contributed by atoms with Crippen LogP contribution < -0.4 is 30.9 Å². The Labute approximate surface area is 334 Å². The fourth-order valence-electron chi connectivity index (χ4n) is 7.07. The number of carbonyl (C=O) groups is 2. The third-order valence-corrected chi connectivity index (χ3v) is 12.6. The van der Waals surface area contributed by atoms with E-state index in [0.717, 1.165) is 55.0 Å². The maximum Gasteiger partial charge on any atom is 0.249 e. The number of halogens is 1. The molecule has 298 valence electrons. The third-order valence-electron chi connectivity index (χ3n) is 10.2. The fraction of sp³-hybridized carbons (Fsp3) is 0.415. The van der Waals surface area contributed by atoms with Crippen LogP contribution in [0.2, 0.25) is 5.02 Å². The number of para-hydroxylation sites is 2. The number of piperidine rings is 2. The molecule has 0 radical (unpaired) electrons. The SMILES string of the molecule is Cc1cc(Nc2ncc(Cl)c(Nc3ccccc3S(=O)(=O)C(C)C)n2)c(OC(C)C)cc1N1CCC(N(C)Cc2ccccc2NC2CCC(=O)NC2=O)CC1. The number of nitrogens with zero attached hydrogens (tertiary/aromatic N) is 4. The minimum atomic E-state index is -3.57. The molecule has 1 unspecified atom stereocenters. The highest BCUT2D eigenvalue weighted by Gasteiger charge is 2.29. The number of rotatable bonds is 14. The molecule has 2 aliphatic heterocycles. The first-order valence-electron chi connectivity index (χ1n) is 19.0. The second kappa shape index (κ2) is 17.5. The monoisotopic (exact) mass is 802 g/mol. The number of benzene rings is 3. The summed E-state index contributed by atoms with van der Waals surface area (Å²) in [7, 11) is -1.43. The van der Waals surface area contributed by atoms with Gasteiger partial charge in [0, 0.05) is 49.5 Å². The predicted octanol–water partition coefficient (Wildman–Crippen LogP) is 7.21. The van der Waals surface area contributed by atoms with Gasteiger partial charge in [-0.05, 0) is 96.3 Å². The second-order valence-electron chi connectivity index (χ2n) is 15.0. The first-order chi connectivity index (χ1) is 26.7. The van der Waals surface area contributed by atoms with Gasteiger partial charge < -0.3 is 25.6 Å². The Hall–Kier alpha value is -4.92. The predicted molar refractivity (Wildman–Crippen MR) is 222 cm³/mol. The summed E-state index contributed by atoms with van der Waals surface area (Å²) >= 11 is 6.51. The quantitative estimate of drug-likeness (QED) is 0.0952. The number of amides is 2. The molecule has 13 nitrogen and oxygen atoms in total. The minimum Gasteiger partial charge on any atom is -0.489 e. The standard InChI is InChI=1S/C41H51ClN8O5S/c1-25(2)55-36-22-35(50-19-17-29(18-20-50)49(6)24-28-11-7-8-12-31(28)44-33-15-16-38(51)47-40(33)52)27(5)21-34(36)46-41-43-23-30(42)39(48-41)45-32-13-9-10-14-37(32)56(53,54)26(3)4/h7-14,21-23,25-26,29,33,44H,15-20,24H2,1-6H3,(H,47,51,52)(H2,43,45,46,48). The van der Waals surface area contributed by atoms with Crippen LogP contribution in [0.25, 0.3) is 0 Å². The van der Waals surface area contributed by atoms with Crippen molar-refractivity contribution in [1.82, 2.24) is 20.2 Å². The van der Waals surface area contributed by atoms with Gasteiger partial charge >= 0.3 is 0 Å². The Kier molecular flexibility index (Phi) is 12.7. The lowest BCUT2D eigenvalue weighted by Gasteiger charge is -2.39. The van der Waals surface area contributed by atoms with Crippen molar-refractivity contribution in [3.05, 3.63) is 83.0 Å². The van der Waals surface area contributed by atoms with Crippen molar-refractivity contribution in [3.63, 3.8) is 0 Å². The van der Waals surface area contributed by atoms with Crippen LogP contribution in [0.4, 0.5) is 34.5 Å². The number of anilines is 6. The van der Waals surface area contributed by atoms with E-state index in [0.29, 0.717) is 36.0 Å². The summed E-state index contributed by atoms with van der Waals surface area (Å²) in [5.41, 5.74) is 5.23. The molecule has 56 heavy (non-hydrogen) atoms. The lowest BCUT2D eigenvalue weighted by Crippen LogP contribution is -2.47. The minimum absolute atomic E-state index is 0.0966. The Morgan fingerprint density at radius 2 is 1.66 bits per heavy atom. The Morgan fingerprint density at radius 3 is 2.36 bits per heavy atom. The van der Waals surface area contributed by atoms with Gasteiger partial charge in [-0.3, -0.25) is 19.8 Å². The van der Waals surface area contributed by atoms with Gasteiger partial charge in [-0.1, -0.05) is 41.9 Å². The second-order valence-corrected chi connectivity index (χ2v) is 17.8. The largest absolute Gasteiger partial charge is 0.489 e. The summed E-state index contributed by atoms with van der Waals surface area (Å²) in [6.07, 6.45) is 4.11. The van der Waals surface area contributed by atoms with Crippen molar-refractivity contribution in [2.24, 2.45) is 0 Å². The van der Waals surface area contributed by atoms with E-state index in [1.165, 1.54) is 6.20 Å². The molecule has 4 aromatic rings. The number of carbonyl (C=O) groups excluding carboxylic acids is 2. The van der Waals surface area contributed by atoms with E-state index < -0.39 is 21.1 Å². The van der Waals surface area contributed by atoms with Crippen LogP contribution in [0.15, 0.2) is 71.8 Å². The molecule has 3 aromatic carbocycles. The number of sulfone groups is 1. The Bertz CT molecular complexity index is 2170. The Balaban J connectivity index is 1.14. The highest BCUT2D eigenvalue weighted by molar-refractivity contribution is 7.92. The molecule has 6 rings (SSSR count). The van der Waals surface area contributed by atoms with Gasteiger partial charge in [-0.15, -0.1) is 0 Å². The van der Waals surface area contributed by atoms with E-state index in [1.807, 2.05) is 38.1 Å². The average molecular weight is 803 g/mol. The smallest absolute Gasteiger partial charge is 0.249 e. The topological polar surface area (TPSA) is 158 Å². The molecule has 1 atom stereocenters. The maximum absolute atomic E-state index is 13.1.